The van der Waals surface area contributed by atoms with Crippen LogP contribution in [0.3, 0.4) is 0 Å². The predicted molar refractivity (Wildman–Crippen MR) is 83.8 cm³/mol. The summed E-state index contributed by atoms with van der Waals surface area (Å²) in [4.78, 5) is 24.1. The molecule has 1 aromatic carbocycles. The Labute approximate surface area is 135 Å². The Morgan fingerprint density at radius 3 is 2.91 bits per heavy atom. The summed E-state index contributed by atoms with van der Waals surface area (Å²) >= 11 is 0. The molecule has 1 N–H and O–H groups in total. The third-order valence-corrected chi connectivity index (χ3v) is 5.83. The molecule has 23 heavy (non-hydrogen) atoms. The van der Waals surface area contributed by atoms with Gasteiger partial charge in [-0.2, -0.15) is 0 Å². The van der Waals surface area contributed by atoms with Crippen LogP contribution in [0.2, 0.25) is 0 Å². The maximum absolute atomic E-state index is 12.5. The van der Waals surface area contributed by atoms with Crippen LogP contribution in [-0.4, -0.2) is 30.9 Å². The van der Waals surface area contributed by atoms with Crippen LogP contribution >= 0.6 is 0 Å². The van der Waals surface area contributed by atoms with E-state index in [0.717, 1.165) is 29.7 Å². The number of hydrogen-bond donors (Lipinski definition) is 1. The number of carbonyl (C=O) groups excluding carboxylic acids is 2. The number of ketones is 1. The topological polar surface area (TPSA) is 64.6 Å². The average molecular weight is 315 g/mol. The van der Waals surface area contributed by atoms with Gasteiger partial charge in [0.25, 0.3) is 0 Å². The lowest BCUT2D eigenvalue weighted by atomic mass is 9.56. The minimum Gasteiger partial charge on any atom is -0.493 e. The van der Waals surface area contributed by atoms with E-state index in [-0.39, 0.29) is 29.1 Å². The van der Waals surface area contributed by atoms with Gasteiger partial charge in [0.15, 0.2) is 23.4 Å². The summed E-state index contributed by atoms with van der Waals surface area (Å²) < 4.78 is 11.5. The largest absolute Gasteiger partial charge is 0.493 e. The van der Waals surface area contributed by atoms with Gasteiger partial charge < -0.3 is 14.8 Å². The van der Waals surface area contributed by atoms with Crippen LogP contribution in [0.4, 0.5) is 0 Å². The van der Waals surface area contributed by atoms with Gasteiger partial charge >= 0.3 is 0 Å². The zero-order valence-electron chi connectivity index (χ0n) is 13.6. The van der Waals surface area contributed by atoms with E-state index < -0.39 is 6.10 Å². The number of nitrogens with one attached hydrogen (secondary N) is 1. The second-order valence-electron chi connectivity index (χ2n) is 7.03. The molecule has 1 amide bonds. The number of methoxy groups -OCH3 is 1. The lowest BCUT2D eigenvalue weighted by Crippen LogP contribution is -2.60. The van der Waals surface area contributed by atoms with Crippen LogP contribution in [-0.2, 0) is 21.4 Å². The highest BCUT2D eigenvalue weighted by atomic mass is 16.5. The molecule has 2 aliphatic carbocycles. The number of ether oxygens (including phenoxy) is 2. The van der Waals surface area contributed by atoms with E-state index in [9.17, 15) is 9.59 Å². The highest BCUT2D eigenvalue weighted by molar-refractivity contribution is 5.89. The molecular formula is C18H21NO4. The van der Waals surface area contributed by atoms with Crippen LogP contribution in [0.1, 0.15) is 37.8 Å². The average Bonchev–Trinajstić information content (AvgIpc) is 2.82. The molecular weight excluding hydrogens is 294 g/mol. The smallest absolute Gasteiger partial charge is 0.217 e. The van der Waals surface area contributed by atoms with Crippen molar-refractivity contribution >= 4 is 11.7 Å². The van der Waals surface area contributed by atoms with E-state index in [1.54, 1.807) is 14.0 Å². The molecule has 3 aliphatic rings. The quantitative estimate of drug-likeness (QED) is 0.903. The van der Waals surface area contributed by atoms with Crippen LogP contribution in [0.25, 0.3) is 0 Å². The molecule has 1 aromatic rings. The highest BCUT2D eigenvalue weighted by Gasteiger charge is 2.61. The Bertz CT molecular complexity index is 713. The van der Waals surface area contributed by atoms with E-state index in [4.69, 9.17) is 9.47 Å². The van der Waals surface area contributed by atoms with E-state index in [2.05, 4.69) is 12.2 Å². The summed E-state index contributed by atoms with van der Waals surface area (Å²) in [6.45, 7) is 3.66. The maximum Gasteiger partial charge on any atom is 0.217 e. The first-order chi connectivity index (χ1) is 11.0. The predicted octanol–water partition coefficient (Wildman–Crippen LogP) is 1.75. The van der Waals surface area contributed by atoms with Crippen molar-refractivity contribution in [2.24, 2.45) is 5.92 Å². The first-order valence-electron chi connectivity index (χ1n) is 8.13. The van der Waals surface area contributed by atoms with Gasteiger partial charge in [0.05, 0.1) is 7.11 Å². The Kier molecular flexibility index (Phi) is 2.99. The number of hydrogen-bond acceptors (Lipinski definition) is 4. The first-order valence-corrected chi connectivity index (χ1v) is 8.13. The minimum absolute atomic E-state index is 0.0249. The van der Waals surface area contributed by atoms with E-state index in [0.29, 0.717) is 12.2 Å². The number of Topliss-reactive ketones (excluding diaryl/α,β-unsaturated/α-hetero) is 1. The maximum atomic E-state index is 12.5. The molecule has 5 heteroatoms. The van der Waals surface area contributed by atoms with Crippen molar-refractivity contribution in [3.05, 3.63) is 23.3 Å². The summed E-state index contributed by atoms with van der Waals surface area (Å²) in [5, 5.41) is 3.10. The minimum atomic E-state index is -0.470. The van der Waals surface area contributed by atoms with E-state index in [1.807, 2.05) is 12.1 Å². The SMILES string of the molecule is COc1ccc2c3c1O[C@@H]1C(=O)CC[C@H]([C@@H](NC(C)=O)C2)[C@]31C. The Morgan fingerprint density at radius 2 is 2.22 bits per heavy atom. The van der Waals surface area contributed by atoms with Crippen LogP contribution in [0, 0.1) is 5.92 Å². The van der Waals surface area contributed by atoms with Crippen LogP contribution < -0.4 is 14.8 Å². The Hall–Kier alpha value is -2.04. The monoisotopic (exact) mass is 315 g/mol. The van der Waals surface area contributed by atoms with Crippen molar-refractivity contribution in [2.45, 2.75) is 50.7 Å². The van der Waals surface area contributed by atoms with Gasteiger partial charge in [-0.05, 0) is 30.4 Å². The standard InChI is InChI=1S/C18H21NO4/c1-9(20)19-12-8-10-4-7-14(22-3)16-15(10)18(2)11(12)5-6-13(21)17(18)23-16/h4,7,11-12,17H,5-6,8H2,1-3H3,(H,19,20)/t11-,12+,17-,18-/m1/s1. The summed E-state index contributed by atoms with van der Waals surface area (Å²) in [7, 11) is 1.62. The molecule has 1 fully saturated rings. The fourth-order valence-corrected chi connectivity index (χ4v) is 4.93. The molecule has 5 nitrogen and oxygen atoms in total. The van der Waals surface area contributed by atoms with E-state index in [1.165, 1.54) is 0 Å². The van der Waals surface area contributed by atoms with Crippen molar-refractivity contribution in [1.82, 2.24) is 5.32 Å². The van der Waals surface area contributed by atoms with Crippen molar-refractivity contribution in [2.75, 3.05) is 7.11 Å². The second kappa shape index (κ2) is 4.73. The fourth-order valence-electron chi connectivity index (χ4n) is 4.93. The number of carbonyl (C=O) groups is 2. The number of benzene rings is 1. The number of amides is 1. The van der Waals surface area contributed by atoms with Crippen molar-refractivity contribution in [3.8, 4) is 11.5 Å². The Morgan fingerprint density at radius 1 is 1.43 bits per heavy atom. The zero-order chi connectivity index (χ0) is 16.4. The fraction of sp³-hybridized carbons (Fsp3) is 0.556. The molecule has 0 bridgehead atoms. The molecule has 4 atom stereocenters. The van der Waals surface area contributed by atoms with Gasteiger partial charge in [-0.15, -0.1) is 0 Å². The lowest BCUT2D eigenvalue weighted by Gasteiger charge is -2.48. The van der Waals surface area contributed by atoms with Gasteiger partial charge in [-0.25, -0.2) is 0 Å². The second-order valence-corrected chi connectivity index (χ2v) is 7.03. The normalized spacial score (nSPS) is 33.7. The third kappa shape index (κ3) is 1.79. The van der Waals surface area contributed by atoms with Gasteiger partial charge in [0.2, 0.25) is 5.91 Å². The summed E-state index contributed by atoms with van der Waals surface area (Å²) in [6.07, 6.45) is 1.60. The molecule has 0 aromatic heterocycles. The molecule has 122 valence electrons. The van der Waals surface area contributed by atoms with Crippen molar-refractivity contribution in [1.29, 1.82) is 0 Å². The molecule has 0 unspecified atom stereocenters. The lowest BCUT2D eigenvalue weighted by molar-refractivity contribution is -0.133. The van der Waals surface area contributed by atoms with Gasteiger partial charge in [-0.3, -0.25) is 9.59 Å². The third-order valence-electron chi connectivity index (χ3n) is 5.83. The first kappa shape index (κ1) is 14.5. The molecule has 1 aliphatic heterocycles. The van der Waals surface area contributed by atoms with E-state index >= 15 is 0 Å². The van der Waals surface area contributed by atoms with Crippen molar-refractivity contribution in [3.63, 3.8) is 0 Å². The molecule has 0 saturated heterocycles. The molecule has 1 heterocycles. The van der Waals surface area contributed by atoms with Gasteiger partial charge in [-0.1, -0.05) is 13.0 Å². The molecule has 0 spiro atoms. The van der Waals surface area contributed by atoms with Crippen LogP contribution in [0.5, 0.6) is 11.5 Å². The van der Waals surface area contributed by atoms with Crippen LogP contribution in [0.15, 0.2) is 12.1 Å². The van der Waals surface area contributed by atoms with Crippen molar-refractivity contribution < 1.29 is 19.1 Å². The molecule has 0 radical (unpaired) electrons. The zero-order valence-corrected chi connectivity index (χ0v) is 13.6. The van der Waals surface area contributed by atoms with Gasteiger partial charge in [0.1, 0.15) is 0 Å². The Balaban J connectivity index is 1.91. The summed E-state index contributed by atoms with van der Waals surface area (Å²) in [5.74, 6) is 1.73. The summed E-state index contributed by atoms with van der Waals surface area (Å²) in [6, 6.07) is 3.98. The molecule has 1 saturated carbocycles. The number of rotatable bonds is 2. The molecule has 4 rings (SSSR count). The summed E-state index contributed by atoms with van der Waals surface area (Å²) in [5.41, 5.74) is 1.87. The van der Waals surface area contributed by atoms with Gasteiger partial charge in [0, 0.05) is 30.4 Å². The highest BCUT2D eigenvalue weighted by Crippen LogP contribution is 2.59.